The highest BCUT2D eigenvalue weighted by molar-refractivity contribution is 5.70. The first kappa shape index (κ1) is 58.1. The van der Waals surface area contributed by atoms with Gasteiger partial charge in [0.1, 0.15) is 12.6 Å². The molecule has 0 aromatic heterocycles. The van der Waals surface area contributed by atoms with E-state index < -0.39 is 18.1 Å². The molecule has 0 rings (SSSR count). The van der Waals surface area contributed by atoms with Crippen LogP contribution in [-0.4, -0.2) is 75.5 Å². The predicted molar refractivity (Wildman–Crippen MR) is 250 cm³/mol. The number of allylic oxidation sites excluding steroid dienone is 2. The van der Waals surface area contributed by atoms with Gasteiger partial charge in [-0.05, 0) is 38.5 Å². The Morgan fingerprint density at radius 3 is 1.20 bits per heavy atom. The second kappa shape index (κ2) is 43.7. The number of hydrogen-bond donors (Lipinski definition) is 0. The molecule has 0 N–H and O–H groups in total. The van der Waals surface area contributed by atoms with Crippen molar-refractivity contribution in [3.05, 3.63) is 12.2 Å². The number of carbonyl (C=O) groups is 3. The van der Waals surface area contributed by atoms with Crippen molar-refractivity contribution in [3.63, 3.8) is 0 Å². The highest BCUT2D eigenvalue weighted by atomic mass is 16.6. The lowest BCUT2D eigenvalue weighted by atomic mass is 10.0. The third-order valence-corrected chi connectivity index (χ3v) is 11.9. The van der Waals surface area contributed by atoms with Crippen LogP contribution < -0.4 is 5.11 Å². The third-order valence-electron chi connectivity index (χ3n) is 11.9. The molecule has 0 spiro atoms. The first-order valence-corrected chi connectivity index (χ1v) is 25.7. The summed E-state index contributed by atoms with van der Waals surface area (Å²) in [6.07, 6.45) is 48.1. The van der Waals surface area contributed by atoms with Crippen LogP contribution in [0.15, 0.2) is 12.2 Å². The Balaban J connectivity index is 4.22. The number of ether oxygens (including phenoxy) is 3. The molecule has 0 fully saturated rings. The number of unbranched alkanes of at least 4 members (excludes halogenated alkanes) is 31. The van der Waals surface area contributed by atoms with Gasteiger partial charge < -0.3 is 28.6 Å². The molecule has 0 saturated heterocycles. The summed E-state index contributed by atoms with van der Waals surface area (Å²) in [6, 6.07) is -0.723. The fraction of sp³-hybridized carbons (Fsp3) is 0.904. The Morgan fingerprint density at radius 2 is 0.833 bits per heavy atom. The fourth-order valence-corrected chi connectivity index (χ4v) is 7.89. The molecular weight excluding hydrogens is 751 g/mol. The number of quaternary nitrogens is 1. The van der Waals surface area contributed by atoms with Crippen molar-refractivity contribution in [2.24, 2.45) is 0 Å². The van der Waals surface area contributed by atoms with Gasteiger partial charge in [-0.25, -0.2) is 0 Å². The Kier molecular flexibility index (Phi) is 42.3. The van der Waals surface area contributed by atoms with Crippen molar-refractivity contribution in [2.45, 2.75) is 264 Å². The summed E-state index contributed by atoms with van der Waals surface area (Å²) in [7, 11) is 5.42. The van der Waals surface area contributed by atoms with Gasteiger partial charge in [0.15, 0.2) is 6.10 Å². The zero-order valence-electron chi connectivity index (χ0n) is 40.4. The molecule has 0 aromatic rings. The average molecular weight is 850 g/mol. The summed E-state index contributed by atoms with van der Waals surface area (Å²) in [6.45, 7) is 4.70. The molecule has 2 atom stereocenters. The van der Waals surface area contributed by atoms with Crippen LogP contribution in [0.1, 0.15) is 251 Å². The highest BCUT2D eigenvalue weighted by Gasteiger charge is 2.25. The van der Waals surface area contributed by atoms with Crippen molar-refractivity contribution in [2.75, 3.05) is 41.0 Å². The normalized spacial score (nSPS) is 12.9. The van der Waals surface area contributed by atoms with Gasteiger partial charge >= 0.3 is 11.9 Å². The quantitative estimate of drug-likeness (QED) is 0.0260. The van der Waals surface area contributed by atoms with Gasteiger partial charge in [-0.15, -0.1) is 0 Å². The number of carbonyl (C=O) groups excluding carboxylic acids is 3. The lowest BCUT2D eigenvalue weighted by molar-refractivity contribution is -0.889. The van der Waals surface area contributed by atoms with Gasteiger partial charge in [-0.3, -0.25) is 9.59 Å². The van der Waals surface area contributed by atoms with Crippen LogP contribution in [0.3, 0.4) is 0 Å². The zero-order valence-corrected chi connectivity index (χ0v) is 40.4. The topological polar surface area (TPSA) is 102 Å². The summed E-state index contributed by atoms with van der Waals surface area (Å²) < 4.78 is 17.3. The monoisotopic (exact) mass is 850 g/mol. The molecule has 60 heavy (non-hydrogen) atoms. The molecule has 8 heteroatoms. The maximum absolute atomic E-state index is 12.8. The maximum atomic E-state index is 12.8. The Hall–Kier alpha value is -1.93. The second-order valence-corrected chi connectivity index (χ2v) is 18.8. The molecule has 0 aromatic carbocycles. The molecule has 0 bridgehead atoms. The van der Waals surface area contributed by atoms with Crippen LogP contribution in [0, 0.1) is 0 Å². The number of rotatable bonds is 47. The van der Waals surface area contributed by atoms with E-state index in [0.29, 0.717) is 12.8 Å². The Morgan fingerprint density at radius 1 is 0.483 bits per heavy atom. The number of aliphatic carboxylic acids is 1. The van der Waals surface area contributed by atoms with Crippen LogP contribution in [0.5, 0.6) is 0 Å². The summed E-state index contributed by atoms with van der Waals surface area (Å²) in [4.78, 5) is 37.0. The van der Waals surface area contributed by atoms with Gasteiger partial charge in [-0.2, -0.15) is 0 Å². The molecule has 0 saturated carbocycles. The van der Waals surface area contributed by atoms with Gasteiger partial charge in [0.05, 0.1) is 40.3 Å². The second-order valence-electron chi connectivity index (χ2n) is 18.8. The van der Waals surface area contributed by atoms with Gasteiger partial charge in [0.25, 0.3) is 0 Å². The predicted octanol–water partition coefficient (Wildman–Crippen LogP) is 13.3. The van der Waals surface area contributed by atoms with E-state index in [2.05, 4.69) is 26.0 Å². The van der Waals surface area contributed by atoms with Gasteiger partial charge in [0, 0.05) is 19.3 Å². The minimum Gasteiger partial charge on any atom is -0.544 e. The number of hydrogen-bond acceptors (Lipinski definition) is 7. The largest absolute Gasteiger partial charge is 0.544 e. The number of carboxylic acid groups (broad SMARTS) is 1. The molecule has 0 aliphatic carbocycles. The van der Waals surface area contributed by atoms with E-state index in [1.807, 2.05) is 21.1 Å². The number of esters is 2. The minimum absolute atomic E-state index is 0.0451. The van der Waals surface area contributed by atoms with Crippen molar-refractivity contribution in [3.8, 4) is 0 Å². The standard InChI is InChI=1S/C52H99NO7/c1-6-8-10-12-14-16-18-20-22-24-26-28-30-32-34-36-38-40-42-50(54)59-47-48(46-58-45-44-49(52(56)57)53(3,4)5)60-51(55)43-41-39-37-35-33-31-29-27-25-23-21-19-17-15-13-11-9-7-2/h23,25,48-49H,6-22,24,26-47H2,1-5H3/b25-23-. The SMILES string of the molecule is CCCCCCCCC/C=C\CCCCCCCCCC(=O)OC(COCCC(C(=O)[O-])[N+](C)(C)C)COC(=O)CCCCCCCCCCCCCCCCCCCC. The Labute approximate surface area is 371 Å². The van der Waals surface area contributed by atoms with Crippen LogP contribution >= 0.6 is 0 Å². The molecule has 8 nitrogen and oxygen atoms in total. The highest BCUT2D eigenvalue weighted by Crippen LogP contribution is 2.16. The summed E-state index contributed by atoms with van der Waals surface area (Å²) in [5.41, 5.74) is 0. The van der Waals surface area contributed by atoms with Crippen LogP contribution in [0.25, 0.3) is 0 Å². The Bertz CT molecular complexity index is 993. The molecule has 0 amide bonds. The molecular formula is C52H99NO7. The van der Waals surface area contributed by atoms with E-state index in [-0.39, 0.29) is 42.7 Å². The zero-order chi connectivity index (χ0) is 44.2. The van der Waals surface area contributed by atoms with Crippen LogP contribution in [0.2, 0.25) is 0 Å². The van der Waals surface area contributed by atoms with Crippen molar-refractivity contribution in [1.82, 2.24) is 0 Å². The van der Waals surface area contributed by atoms with Gasteiger partial charge in [0.2, 0.25) is 0 Å². The van der Waals surface area contributed by atoms with E-state index in [1.165, 1.54) is 180 Å². The number of nitrogens with zero attached hydrogens (tertiary/aromatic N) is 1. The molecule has 0 radical (unpaired) electrons. The van der Waals surface area contributed by atoms with Crippen molar-refractivity contribution < 1.29 is 38.2 Å². The van der Waals surface area contributed by atoms with Crippen molar-refractivity contribution in [1.29, 1.82) is 0 Å². The van der Waals surface area contributed by atoms with Gasteiger partial charge in [-0.1, -0.05) is 206 Å². The van der Waals surface area contributed by atoms with Crippen molar-refractivity contribution >= 4 is 17.9 Å². The molecule has 354 valence electrons. The minimum atomic E-state index is -1.12. The molecule has 0 aliphatic rings. The van der Waals surface area contributed by atoms with E-state index in [4.69, 9.17) is 14.2 Å². The van der Waals surface area contributed by atoms with E-state index in [1.54, 1.807) is 0 Å². The number of carboxylic acids is 1. The molecule has 0 aliphatic heterocycles. The van der Waals surface area contributed by atoms with E-state index >= 15 is 0 Å². The summed E-state index contributed by atoms with van der Waals surface area (Å²) in [5, 5.41) is 11.7. The molecule has 0 heterocycles. The van der Waals surface area contributed by atoms with E-state index in [9.17, 15) is 19.5 Å². The third kappa shape index (κ3) is 41.4. The first-order chi connectivity index (χ1) is 29.1. The number of likely N-dealkylation sites (N-methyl/N-ethyl adjacent to an activating group) is 1. The fourth-order valence-electron chi connectivity index (χ4n) is 7.89. The average Bonchev–Trinajstić information content (AvgIpc) is 3.21. The molecule has 2 unspecified atom stereocenters. The van der Waals surface area contributed by atoms with Crippen LogP contribution in [0.4, 0.5) is 0 Å². The lowest BCUT2D eigenvalue weighted by Gasteiger charge is -2.34. The van der Waals surface area contributed by atoms with Crippen LogP contribution in [-0.2, 0) is 28.6 Å². The lowest BCUT2D eigenvalue weighted by Crippen LogP contribution is -2.55. The maximum Gasteiger partial charge on any atom is 0.306 e. The summed E-state index contributed by atoms with van der Waals surface area (Å²) in [5.74, 6) is -1.72. The van der Waals surface area contributed by atoms with E-state index in [0.717, 1.165) is 38.5 Å². The smallest absolute Gasteiger partial charge is 0.306 e. The summed E-state index contributed by atoms with van der Waals surface area (Å²) >= 11 is 0. The first-order valence-electron chi connectivity index (χ1n) is 25.7.